The Labute approximate surface area is 171 Å². The van der Waals surface area contributed by atoms with Crippen molar-refractivity contribution in [2.75, 3.05) is 20.2 Å². The number of benzene rings is 1. The van der Waals surface area contributed by atoms with Crippen molar-refractivity contribution >= 4 is 22.7 Å². The molecule has 1 saturated heterocycles. The fourth-order valence-corrected chi connectivity index (χ4v) is 4.84. The maximum absolute atomic E-state index is 13.3. The smallest absolute Gasteiger partial charge is 0.232 e. The molecule has 29 heavy (non-hydrogen) atoms. The Morgan fingerprint density at radius 1 is 1.34 bits per heavy atom. The van der Waals surface area contributed by atoms with Crippen LogP contribution in [0.4, 0.5) is 0 Å². The van der Waals surface area contributed by atoms with Gasteiger partial charge in [-0.1, -0.05) is 6.08 Å². The van der Waals surface area contributed by atoms with Crippen LogP contribution in [0.15, 0.2) is 36.2 Å². The first-order valence-electron chi connectivity index (χ1n) is 10.5. The molecule has 2 aliphatic rings. The SMILES string of the molecule is CCN1C(=O)CCC2(C(=O)NCCc3c[nH]c4ccc(OC)cc34)CCCC=C12. The predicted molar refractivity (Wildman–Crippen MR) is 113 cm³/mol. The summed E-state index contributed by atoms with van der Waals surface area (Å²) in [6.07, 6.45) is 8.65. The van der Waals surface area contributed by atoms with Gasteiger partial charge in [0.2, 0.25) is 11.8 Å². The second-order valence-corrected chi connectivity index (χ2v) is 7.93. The van der Waals surface area contributed by atoms with E-state index in [1.54, 1.807) is 7.11 Å². The summed E-state index contributed by atoms with van der Waals surface area (Å²) in [5.41, 5.74) is 2.60. The summed E-state index contributed by atoms with van der Waals surface area (Å²) < 4.78 is 5.33. The van der Waals surface area contributed by atoms with E-state index in [4.69, 9.17) is 4.74 Å². The van der Waals surface area contributed by atoms with E-state index >= 15 is 0 Å². The van der Waals surface area contributed by atoms with E-state index in [0.717, 1.165) is 53.6 Å². The Kier molecular flexibility index (Phi) is 5.35. The molecule has 1 aromatic heterocycles. The fourth-order valence-electron chi connectivity index (χ4n) is 4.84. The maximum atomic E-state index is 13.3. The second kappa shape index (κ2) is 7.93. The average molecular weight is 396 g/mol. The lowest BCUT2D eigenvalue weighted by Crippen LogP contribution is -2.53. The number of aromatic amines is 1. The summed E-state index contributed by atoms with van der Waals surface area (Å²) in [5, 5.41) is 4.29. The third-order valence-corrected chi connectivity index (χ3v) is 6.40. The number of methoxy groups -OCH3 is 1. The number of carbonyl (C=O) groups excluding carboxylic acids is 2. The highest BCUT2D eigenvalue weighted by atomic mass is 16.5. The third-order valence-electron chi connectivity index (χ3n) is 6.40. The van der Waals surface area contributed by atoms with Crippen LogP contribution >= 0.6 is 0 Å². The van der Waals surface area contributed by atoms with Gasteiger partial charge in [0.1, 0.15) is 5.75 Å². The van der Waals surface area contributed by atoms with E-state index in [1.165, 1.54) is 0 Å². The molecule has 1 aliphatic heterocycles. The summed E-state index contributed by atoms with van der Waals surface area (Å²) in [6, 6.07) is 5.96. The highest BCUT2D eigenvalue weighted by Crippen LogP contribution is 2.46. The summed E-state index contributed by atoms with van der Waals surface area (Å²) in [4.78, 5) is 30.7. The molecule has 1 aromatic carbocycles. The van der Waals surface area contributed by atoms with E-state index in [-0.39, 0.29) is 11.8 Å². The van der Waals surface area contributed by atoms with Crippen molar-refractivity contribution in [3.05, 3.63) is 41.7 Å². The number of allylic oxidation sites excluding steroid dienone is 1. The maximum Gasteiger partial charge on any atom is 0.232 e. The number of rotatable bonds is 6. The molecule has 1 fully saturated rings. The fraction of sp³-hybridized carbons (Fsp3) is 0.478. The van der Waals surface area contributed by atoms with E-state index in [1.807, 2.05) is 36.2 Å². The van der Waals surface area contributed by atoms with Gasteiger partial charge in [0, 0.05) is 42.3 Å². The Bertz CT molecular complexity index is 961. The van der Waals surface area contributed by atoms with Gasteiger partial charge in [-0.05, 0) is 62.8 Å². The molecular weight excluding hydrogens is 366 g/mol. The molecule has 1 aliphatic carbocycles. The van der Waals surface area contributed by atoms with Crippen LogP contribution in [0.5, 0.6) is 5.75 Å². The lowest BCUT2D eigenvalue weighted by atomic mass is 9.69. The monoisotopic (exact) mass is 395 g/mol. The molecule has 6 nitrogen and oxygen atoms in total. The zero-order chi connectivity index (χ0) is 20.4. The Morgan fingerprint density at radius 2 is 2.21 bits per heavy atom. The van der Waals surface area contributed by atoms with Crippen molar-refractivity contribution in [1.29, 1.82) is 0 Å². The number of fused-ring (bicyclic) bond motifs is 2. The van der Waals surface area contributed by atoms with Crippen molar-refractivity contribution in [2.45, 2.75) is 45.4 Å². The summed E-state index contributed by atoms with van der Waals surface area (Å²) in [6.45, 7) is 3.17. The number of hydrogen-bond donors (Lipinski definition) is 2. The third kappa shape index (κ3) is 3.41. The number of carbonyl (C=O) groups is 2. The van der Waals surface area contributed by atoms with Gasteiger partial charge in [-0.2, -0.15) is 0 Å². The van der Waals surface area contributed by atoms with Gasteiger partial charge in [0.15, 0.2) is 0 Å². The van der Waals surface area contributed by atoms with Crippen LogP contribution in [0.1, 0.15) is 44.6 Å². The molecule has 0 spiro atoms. The summed E-state index contributed by atoms with van der Waals surface area (Å²) in [7, 11) is 1.66. The molecule has 6 heteroatoms. The van der Waals surface area contributed by atoms with E-state index < -0.39 is 5.41 Å². The standard InChI is InChI=1S/C23H29N3O3/c1-3-26-20-6-4-5-11-23(20,12-9-21(26)27)22(28)24-13-10-16-15-25-19-8-7-17(29-2)14-18(16)19/h6-8,14-15,25H,3-5,9-13H2,1-2H3,(H,24,28). The van der Waals surface area contributed by atoms with Crippen LogP contribution in [0.3, 0.4) is 0 Å². The highest BCUT2D eigenvalue weighted by molar-refractivity contribution is 5.91. The lowest BCUT2D eigenvalue weighted by Gasteiger charge is -2.45. The quantitative estimate of drug-likeness (QED) is 0.786. The molecule has 2 aromatic rings. The molecule has 1 unspecified atom stereocenters. The predicted octanol–water partition coefficient (Wildman–Crippen LogP) is 3.53. The molecule has 154 valence electrons. The largest absolute Gasteiger partial charge is 0.497 e. The molecule has 0 radical (unpaired) electrons. The van der Waals surface area contributed by atoms with Crippen LogP contribution in [0, 0.1) is 5.41 Å². The number of nitrogens with one attached hydrogen (secondary N) is 2. The van der Waals surface area contributed by atoms with Gasteiger partial charge in [0.25, 0.3) is 0 Å². The number of ether oxygens (including phenoxy) is 1. The Balaban J connectivity index is 1.47. The zero-order valence-electron chi connectivity index (χ0n) is 17.2. The molecule has 2 heterocycles. The number of H-pyrrole nitrogens is 1. The second-order valence-electron chi connectivity index (χ2n) is 7.93. The Morgan fingerprint density at radius 3 is 3.00 bits per heavy atom. The first kappa shape index (κ1) is 19.6. The average Bonchev–Trinajstić information content (AvgIpc) is 3.15. The van der Waals surface area contributed by atoms with Crippen molar-refractivity contribution in [1.82, 2.24) is 15.2 Å². The normalized spacial score (nSPS) is 21.7. The minimum atomic E-state index is -0.550. The summed E-state index contributed by atoms with van der Waals surface area (Å²) in [5.74, 6) is 1.02. The number of nitrogens with zero attached hydrogens (tertiary/aromatic N) is 1. The van der Waals surface area contributed by atoms with Crippen LogP contribution in [-0.2, 0) is 16.0 Å². The molecule has 0 saturated carbocycles. The molecule has 1 atom stereocenters. The van der Waals surface area contributed by atoms with Crippen molar-refractivity contribution in [3.63, 3.8) is 0 Å². The zero-order valence-corrected chi connectivity index (χ0v) is 17.2. The first-order chi connectivity index (χ1) is 14.1. The van der Waals surface area contributed by atoms with Crippen LogP contribution in [0.25, 0.3) is 10.9 Å². The number of hydrogen-bond acceptors (Lipinski definition) is 3. The molecule has 2 amide bonds. The van der Waals surface area contributed by atoms with Gasteiger partial charge in [0.05, 0.1) is 12.5 Å². The van der Waals surface area contributed by atoms with Gasteiger partial charge in [-0.15, -0.1) is 0 Å². The summed E-state index contributed by atoms with van der Waals surface area (Å²) >= 11 is 0. The van der Waals surface area contributed by atoms with Crippen LogP contribution < -0.4 is 10.1 Å². The van der Waals surface area contributed by atoms with E-state index in [2.05, 4.69) is 16.4 Å². The minimum Gasteiger partial charge on any atom is -0.497 e. The number of amides is 2. The van der Waals surface area contributed by atoms with E-state index in [0.29, 0.717) is 25.9 Å². The lowest BCUT2D eigenvalue weighted by molar-refractivity contribution is -0.140. The van der Waals surface area contributed by atoms with Gasteiger partial charge < -0.3 is 19.9 Å². The first-order valence-corrected chi connectivity index (χ1v) is 10.5. The topological polar surface area (TPSA) is 74.4 Å². The van der Waals surface area contributed by atoms with Crippen LogP contribution in [-0.4, -0.2) is 41.9 Å². The van der Waals surface area contributed by atoms with Crippen LogP contribution in [0.2, 0.25) is 0 Å². The number of piperidine rings is 1. The number of likely N-dealkylation sites (tertiary alicyclic amines) is 1. The molecule has 0 bridgehead atoms. The minimum absolute atomic E-state index is 0.0619. The van der Waals surface area contributed by atoms with Gasteiger partial charge in [-0.3, -0.25) is 9.59 Å². The van der Waals surface area contributed by atoms with Crippen molar-refractivity contribution in [3.8, 4) is 5.75 Å². The van der Waals surface area contributed by atoms with Crippen molar-refractivity contribution in [2.24, 2.45) is 5.41 Å². The Hall–Kier alpha value is -2.76. The van der Waals surface area contributed by atoms with Gasteiger partial charge >= 0.3 is 0 Å². The van der Waals surface area contributed by atoms with Crippen molar-refractivity contribution < 1.29 is 14.3 Å². The molecule has 2 N–H and O–H groups in total. The molecule has 4 rings (SSSR count). The highest BCUT2D eigenvalue weighted by Gasteiger charge is 2.48. The molecular formula is C23H29N3O3. The van der Waals surface area contributed by atoms with Gasteiger partial charge in [-0.25, -0.2) is 0 Å². The number of aromatic nitrogens is 1. The van der Waals surface area contributed by atoms with E-state index in [9.17, 15) is 9.59 Å².